The van der Waals surface area contributed by atoms with Gasteiger partial charge in [0.25, 0.3) is 0 Å². The number of amides is 1. The van der Waals surface area contributed by atoms with E-state index in [0.717, 1.165) is 51.6 Å². The monoisotopic (exact) mass is 327 g/mol. The minimum atomic E-state index is 0.0490. The zero-order valence-corrected chi connectivity index (χ0v) is 14.5. The second-order valence-electron chi connectivity index (χ2n) is 7.64. The highest BCUT2D eigenvalue weighted by atomic mass is 16.2. The van der Waals surface area contributed by atoms with Crippen molar-refractivity contribution >= 4 is 5.91 Å². The molecule has 0 radical (unpaired) electrons. The summed E-state index contributed by atoms with van der Waals surface area (Å²) in [6.45, 7) is 6.17. The van der Waals surface area contributed by atoms with Crippen LogP contribution in [0, 0.1) is 5.92 Å². The quantitative estimate of drug-likeness (QED) is 0.923. The third-order valence-electron chi connectivity index (χ3n) is 6.00. The number of nitrogens with zero attached hydrogens (tertiary/aromatic N) is 2. The van der Waals surface area contributed by atoms with Crippen molar-refractivity contribution in [1.29, 1.82) is 0 Å². The van der Waals surface area contributed by atoms with E-state index in [0.29, 0.717) is 5.91 Å². The van der Waals surface area contributed by atoms with Crippen LogP contribution in [0.5, 0.6) is 0 Å². The number of carbonyl (C=O) groups excluding carboxylic acids is 1. The van der Waals surface area contributed by atoms with Crippen molar-refractivity contribution in [3.63, 3.8) is 0 Å². The number of fused-ring (bicyclic) bond motifs is 1. The van der Waals surface area contributed by atoms with Crippen molar-refractivity contribution in [3.05, 3.63) is 35.4 Å². The molecule has 3 heterocycles. The molecule has 0 bridgehead atoms. The molecule has 3 aliphatic heterocycles. The van der Waals surface area contributed by atoms with E-state index in [9.17, 15) is 4.79 Å². The Balaban J connectivity index is 1.53. The molecule has 0 saturated carbocycles. The van der Waals surface area contributed by atoms with Gasteiger partial charge in [-0.15, -0.1) is 0 Å². The van der Waals surface area contributed by atoms with E-state index in [1.54, 1.807) is 0 Å². The van der Waals surface area contributed by atoms with Crippen molar-refractivity contribution in [2.75, 3.05) is 32.7 Å². The SMILES string of the molecule is O=C(C1Cc2ccccc2CN1CC1CCNCC1)N1CCCC1. The van der Waals surface area contributed by atoms with E-state index in [4.69, 9.17) is 0 Å². The van der Waals surface area contributed by atoms with E-state index in [2.05, 4.69) is 39.4 Å². The molecular weight excluding hydrogens is 298 g/mol. The summed E-state index contributed by atoms with van der Waals surface area (Å²) in [4.78, 5) is 17.7. The van der Waals surface area contributed by atoms with Crippen LogP contribution in [-0.2, 0) is 17.8 Å². The van der Waals surface area contributed by atoms with Crippen molar-refractivity contribution in [3.8, 4) is 0 Å². The third-order valence-corrected chi connectivity index (χ3v) is 6.00. The average Bonchev–Trinajstić information content (AvgIpc) is 3.16. The Kier molecular flexibility index (Phi) is 4.86. The van der Waals surface area contributed by atoms with Gasteiger partial charge in [0.15, 0.2) is 0 Å². The van der Waals surface area contributed by atoms with Crippen LogP contribution < -0.4 is 5.32 Å². The second-order valence-corrected chi connectivity index (χ2v) is 7.64. The first-order valence-corrected chi connectivity index (χ1v) is 9.61. The minimum Gasteiger partial charge on any atom is -0.341 e. The van der Waals surface area contributed by atoms with Crippen molar-refractivity contribution in [2.45, 2.75) is 44.7 Å². The maximum atomic E-state index is 13.1. The van der Waals surface area contributed by atoms with Gasteiger partial charge in [0, 0.05) is 26.2 Å². The Labute approximate surface area is 145 Å². The number of rotatable bonds is 3. The molecular formula is C20H29N3O. The minimum absolute atomic E-state index is 0.0490. The molecule has 0 aliphatic carbocycles. The molecule has 4 rings (SSSR count). The Morgan fingerprint density at radius 1 is 1.08 bits per heavy atom. The van der Waals surface area contributed by atoms with Gasteiger partial charge < -0.3 is 10.2 Å². The zero-order chi connectivity index (χ0) is 16.4. The van der Waals surface area contributed by atoms with E-state index >= 15 is 0 Å². The fourth-order valence-corrected chi connectivity index (χ4v) is 4.56. The molecule has 1 aromatic carbocycles. The first-order chi connectivity index (χ1) is 11.8. The number of hydrogen-bond acceptors (Lipinski definition) is 3. The largest absolute Gasteiger partial charge is 0.341 e. The van der Waals surface area contributed by atoms with Crippen LogP contribution >= 0.6 is 0 Å². The van der Waals surface area contributed by atoms with Gasteiger partial charge in [0.1, 0.15) is 0 Å². The van der Waals surface area contributed by atoms with Crippen molar-refractivity contribution in [1.82, 2.24) is 15.1 Å². The van der Waals surface area contributed by atoms with Gasteiger partial charge in [0.05, 0.1) is 6.04 Å². The standard InChI is InChI=1S/C20H29N3O/c24-20(22-11-3-4-12-22)19-13-17-5-1-2-6-18(17)15-23(19)14-16-7-9-21-10-8-16/h1-2,5-6,16,19,21H,3-4,7-15H2. The highest BCUT2D eigenvalue weighted by Gasteiger charge is 2.35. The molecule has 4 heteroatoms. The molecule has 1 aromatic rings. The van der Waals surface area contributed by atoms with Gasteiger partial charge in [-0.3, -0.25) is 9.69 Å². The summed E-state index contributed by atoms with van der Waals surface area (Å²) in [5.41, 5.74) is 2.79. The maximum Gasteiger partial charge on any atom is 0.240 e. The lowest BCUT2D eigenvalue weighted by atomic mass is 9.90. The molecule has 130 valence electrons. The van der Waals surface area contributed by atoms with E-state index in [1.165, 1.54) is 36.8 Å². The zero-order valence-electron chi connectivity index (χ0n) is 14.5. The molecule has 1 N–H and O–H groups in total. The fraction of sp³-hybridized carbons (Fsp3) is 0.650. The van der Waals surface area contributed by atoms with Gasteiger partial charge in [-0.2, -0.15) is 0 Å². The topological polar surface area (TPSA) is 35.6 Å². The first-order valence-electron chi connectivity index (χ1n) is 9.61. The summed E-state index contributed by atoms with van der Waals surface area (Å²) in [5, 5.41) is 3.45. The predicted molar refractivity (Wildman–Crippen MR) is 95.8 cm³/mol. The summed E-state index contributed by atoms with van der Waals surface area (Å²) >= 11 is 0. The van der Waals surface area contributed by atoms with E-state index < -0.39 is 0 Å². The molecule has 3 aliphatic rings. The summed E-state index contributed by atoms with van der Waals surface area (Å²) in [6, 6.07) is 8.74. The molecule has 0 aromatic heterocycles. The number of benzene rings is 1. The van der Waals surface area contributed by atoms with Gasteiger partial charge in [0.2, 0.25) is 5.91 Å². The number of nitrogens with one attached hydrogen (secondary N) is 1. The van der Waals surface area contributed by atoms with Crippen LogP contribution in [-0.4, -0.2) is 54.5 Å². The van der Waals surface area contributed by atoms with E-state index in [-0.39, 0.29) is 6.04 Å². The number of hydrogen-bond donors (Lipinski definition) is 1. The molecule has 1 unspecified atom stereocenters. The predicted octanol–water partition coefficient (Wildman–Crippen LogP) is 2.04. The Morgan fingerprint density at radius 2 is 1.79 bits per heavy atom. The molecule has 1 atom stereocenters. The summed E-state index contributed by atoms with van der Waals surface area (Å²) in [7, 11) is 0. The highest BCUT2D eigenvalue weighted by molar-refractivity contribution is 5.82. The van der Waals surface area contributed by atoms with Crippen LogP contribution in [0.4, 0.5) is 0 Å². The normalized spacial score (nSPS) is 25.7. The lowest BCUT2D eigenvalue weighted by Crippen LogP contribution is -2.52. The molecule has 2 fully saturated rings. The highest BCUT2D eigenvalue weighted by Crippen LogP contribution is 2.27. The number of piperidine rings is 1. The van der Waals surface area contributed by atoms with Crippen LogP contribution in [0.2, 0.25) is 0 Å². The average molecular weight is 327 g/mol. The fourth-order valence-electron chi connectivity index (χ4n) is 4.56. The lowest BCUT2D eigenvalue weighted by Gasteiger charge is -2.40. The Morgan fingerprint density at radius 3 is 2.54 bits per heavy atom. The third kappa shape index (κ3) is 3.35. The first kappa shape index (κ1) is 16.1. The second kappa shape index (κ2) is 7.24. The lowest BCUT2D eigenvalue weighted by molar-refractivity contribution is -0.137. The molecule has 24 heavy (non-hydrogen) atoms. The number of carbonyl (C=O) groups is 1. The molecule has 2 saturated heterocycles. The maximum absolute atomic E-state index is 13.1. The molecule has 4 nitrogen and oxygen atoms in total. The van der Waals surface area contributed by atoms with Crippen LogP contribution in [0.25, 0.3) is 0 Å². The van der Waals surface area contributed by atoms with Crippen molar-refractivity contribution in [2.24, 2.45) is 5.92 Å². The van der Waals surface area contributed by atoms with E-state index in [1.807, 2.05) is 0 Å². The van der Waals surface area contributed by atoms with Crippen LogP contribution in [0.1, 0.15) is 36.8 Å². The van der Waals surface area contributed by atoms with Gasteiger partial charge in [-0.25, -0.2) is 0 Å². The van der Waals surface area contributed by atoms with Crippen molar-refractivity contribution < 1.29 is 4.79 Å². The van der Waals surface area contributed by atoms with Crippen LogP contribution in [0.15, 0.2) is 24.3 Å². The number of likely N-dealkylation sites (tertiary alicyclic amines) is 1. The van der Waals surface area contributed by atoms with Gasteiger partial charge >= 0.3 is 0 Å². The summed E-state index contributed by atoms with van der Waals surface area (Å²) in [5.74, 6) is 1.10. The molecule has 0 spiro atoms. The summed E-state index contributed by atoms with van der Waals surface area (Å²) in [6.07, 6.45) is 5.70. The van der Waals surface area contributed by atoms with Gasteiger partial charge in [-0.05, 0) is 62.2 Å². The van der Waals surface area contributed by atoms with Gasteiger partial charge in [-0.1, -0.05) is 24.3 Å². The Hall–Kier alpha value is -1.39. The molecule has 1 amide bonds. The van der Waals surface area contributed by atoms with Crippen LogP contribution in [0.3, 0.4) is 0 Å². The summed E-state index contributed by atoms with van der Waals surface area (Å²) < 4.78 is 0. The smallest absolute Gasteiger partial charge is 0.240 e. The Bertz CT molecular complexity index is 576.